The van der Waals surface area contributed by atoms with Crippen LogP contribution in [0.15, 0.2) is 18.2 Å². The normalized spacial score (nSPS) is 15.7. The van der Waals surface area contributed by atoms with Crippen molar-refractivity contribution in [1.82, 2.24) is 9.80 Å². The third-order valence-corrected chi connectivity index (χ3v) is 3.90. The Morgan fingerprint density at radius 2 is 2.00 bits per heavy atom. The molecular formula is C16H26N4O. The molecular weight excluding hydrogens is 264 g/mol. The first kappa shape index (κ1) is 15.6. The molecule has 0 unspecified atom stereocenters. The second-order valence-corrected chi connectivity index (χ2v) is 5.83. The summed E-state index contributed by atoms with van der Waals surface area (Å²) in [5.41, 5.74) is 8.18. The van der Waals surface area contributed by atoms with E-state index in [4.69, 9.17) is 5.73 Å². The molecule has 0 atom stereocenters. The van der Waals surface area contributed by atoms with E-state index in [-0.39, 0.29) is 5.91 Å². The minimum Gasteiger partial charge on any atom is -0.397 e. The van der Waals surface area contributed by atoms with Crippen molar-refractivity contribution in [3.63, 3.8) is 0 Å². The largest absolute Gasteiger partial charge is 0.397 e. The molecule has 0 spiro atoms. The van der Waals surface area contributed by atoms with Crippen molar-refractivity contribution in [2.75, 3.05) is 51.3 Å². The van der Waals surface area contributed by atoms with Gasteiger partial charge in [0.1, 0.15) is 0 Å². The van der Waals surface area contributed by atoms with Gasteiger partial charge in [0.15, 0.2) is 0 Å². The smallest absolute Gasteiger partial charge is 0.253 e. The van der Waals surface area contributed by atoms with E-state index in [0.29, 0.717) is 11.3 Å². The van der Waals surface area contributed by atoms with Crippen molar-refractivity contribution >= 4 is 17.3 Å². The Morgan fingerprint density at radius 3 is 2.67 bits per heavy atom. The molecule has 1 aromatic carbocycles. The Kier molecular flexibility index (Phi) is 5.44. The Balaban J connectivity index is 1.92. The van der Waals surface area contributed by atoms with Gasteiger partial charge in [0.05, 0.1) is 11.4 Å². The summed E-state index contributed by atoms with van der Waals surface area (Å²) < 4.78 is 0. The summed E-state index contributed by atoms with van der Waals surface area (Å²) in [6.07, 6.45) is 3.95. The maximum atomic E-state index is 12.0. The number of hydrogen-bond acceptors (Lipinski definition) is 4. The highest BCUT2D eigenvalue weighted by Crippen LogP contribution is 2.20. The Morgan fingerprint density at radius 1 is 1.29 bits per heavy atom. The van der Waals surface area contributed by atoms with Gasteiger partial charge in [-0.3, -0.25) is 4.79 Å². The second-order valence-electron chi connectivity index (χ2n) is 5.83. The summed E-state index contributed by atoms with van der Waals surface area (Å²) in [7, 11) is 3.50. The van der Waals surface area contributed by atoms with Crippen molar-refractivity contribution in [1.29, 1.82) is 0 Å². The molecule has 1 fully saturated rings. The lowest BCUT2D eigenvalue weighted by Crippen LogP contribution is -2.33. The summed E-state index contributed by atoms with van der Waals surface area (Å²) in [6, 6.07) is 5.40. The number of piperidine rings is 1. The Labute approximate surface area is 127 Å². The fraction of sp³-hybridized carbons (Fsp3) is 0.562. The molecule has 3 N–H and O–H groups in total. The van der Waals surface area contributed by atoms with E-state index in [0.717, 1.165) is 18.8 Å². The van der Waals surface area contributed by atoms with Gasteiger partial charge in [-0.05, 0) is 44.1 Å². The minimum absolute atomic E-state index is 0.00548. The highest BCUT2D eigenvalue weighted by atomic mass is 16.2. The maximum Gasteiger partial charge on any atom is 0.253 e. The zero-order valence-electron chi connectivity index (χ0n) is 13.1. The van der Waals surface area contributed by atoms with Gasteiger partial charge in [-0.2, -0.15) is 0 Å². The number of nitrogens with two attached hydrogens (primary N) is 1. The number of likely N-dealkylation sites (tertiary alicyclic amines) is 1. The van der Waals surface area contributed by atoms with Crippen LogP contribution in [0.25, 0.3) is 0 Å². The monoisotopic (exact) mass is 290 g/mol. The van der Waals surface area contributed by atoms with Crippen LogP contribution in [0.4, 0.5) is 11.4 Å². The standard InChI is InChI=1S/C16H26N4O/c1-19(2)16(21)13-6-7-14(17)15(12-13)18-8-11-20-9-4-3-5-10-20/h6-7,12,18H,3-5,8-11,17H2,1-2H3. The number of anilines is 2. The van der Waals surface area contributed by atoms with Gasteiger partial charge in [0, 0.05) is 32.7 Å². The highest BCUT2D eigenvalue weighted by molar-refractivity contribution is 5.95. The SMILES string of the molecule is CN(C)C(=O)c1ccc(N)c(NCCN2CCCCC2)c1. The molecule has 1 saturated heterocycles. The molecule has 0 bridgehead atoms. The number of nitrogens with zero attached hydrogens (tertiary/aromatic N) is 2. The van der Waals surface area contributed by atoms with Gasteiger partial charge in [-0.25, -0.2) is 0 Å². The molecule has 0 saturated carbocycles. The van der Waals surface area contributed by atoms with Crippen molar-refractivity contribution in [3.05, 3.63) is 23.8 Å². The summed E-state index contributed by atoms with van der Waals surface area (Å²) in [4.78, 5) is 16.0. The Bertz CT molecular complexity index is 481. The van der Waals surface area contributed by atoms with E-state index >= 15 is 0 Å². The van der Waals surface area contributed by atoms with Gasteiger partial charge >= 0.3 is 0 Å². The highest BCUT2D eigenvalue weighted by Gasteiger charge is 2.11. The molecule has 0 aromatic heterocycles. The van der Waals surface area contributed by atoms with Crippen LogP contribution in [0.2, 0.25) is 0 Å². The van der Waals surface area contributed by atoms with Crippen LogP contribution < -0.4 is 11.1 Å². The van der Waals surface area contributed by atoms with Crippen molar-refractivity contribution in [3.8, 4) is 0 Å². The Hall–Kier alpha value is -1.75. The number of carbonyl (C=O) groups excluding carboxylic acids is 1. The molecule has 21 heavy (non-hydrogen) atoms. The van der Waals surface area contributed by atoms with Crippen LogP contribution in [0.3, 0.4) is 0 Å². The fourth-order valence-electron chi connectivity index (χ4n) is 2.63. The van der Waals surface area contributed by atoms with Crippen LogP contribution in [0, 0.1) is 0 Å². The first-order valence-corrected chi connectivity index (χ1v) is 7.65. The average Bonchev–Trinajstić information content (AvgIpc) is 2.49. The molecule has 0 aliphatic carbocycles. The van der Waals surface area contributed by atoms with E-state index in [1.165, 1.54) is 32.4 Å². The summed E-state index contributed by atoms with van der Waals surface area (Å²) in [5, 5.41) is 3.36. The lowest BCUT2D eigenvalue weighted by atomic mass is 10.1. The van der Waals surface area contributed by atoms with Crippen molar-refractivity contribution < 1.29 is 4.79 Å². The predicted octanol–water partition coefficient (Wildman–Crippen LogP) is 1.87. The van der Waals surface area contributed by atoms with Gasteiger partial charge in [0.25, 0.3) is 5.91 Å². The topological polar surface area (TPSA) is 61.6 Å². The molecule has 1 heterocycles. The van der Waals surface area contributed by atoms with E-state index in [9.17, 15) is 4.79 Å². The van der Waals surface area contributed by atoms with Crippen LogP contribution >= 0.6 is 0 Å². The number of rotatable bonds is 5. The zero-order valence-corrected chi connectivity index (χ0v) is 13.1. The molecule has 5 heteroatoms. The first-order chi connectivity index (χ1) is 10.1. The van der Waals surface area contributed by atoms with Crippen molar-refractivity contribution in [2.45, 2.75) is 19.3 Å². The predicted molar refractivity (Wildman–Crippen MR) is 87.7 cm³/mol. The quantitative estimate of drug-likeness (QED) is 0.813. The van der Waals surface area contributed by atoms with E-state index < -0.39 is 0 Å². The number of nitrogen functional groups attached to an aromatic ring is 1. The van der Waals surface area contributed by atoms with Crippen LogP contribution in [0.5, 0.6) is 0 Å². The molecule has 1 aliphatic rings. The van der Waals surface area contributed by atoms with Gasteiger partial charge in [-0.15, -0.1) is 0 Å². The van der Waals surface area contributed by atoms with Crippen LogP contribution in [-0.4, -0.2) is 56.0 Å². The minimum atomic E-state index is -0.00548. The van der Waals surface area contributed by atoms with E-state index in [2.05, 4.69) is 10.2 Å². The van der Waals surface area contributed by atoms with Gasteiger partial charge < -0.3 is 20.9 Å². The van der Waals surface area contributed by atoms with E-state index in [1.54, 1.807) is 31.1 Å². The number of carbonyl (C=O) groups is 1. The lowest BCUT2D eigenvalue weighted by molar-refractivity contribution is 0.0827. The number of hydrogen-bond donors (Lipinski definition) is 2. The number of nitrogens with one attached hydrogen (secondary N) is 1. The number of amides is 1. The lowest BCUT2D eigenvalue weighted by Gasteiger charge is -2.26. The van der Waals surface area contributed by atoms with Crippen molar-refractivity contribution in [2.24, 2.45) is 0 Å². The number of benzene rings is 1. The van der Waals surface area contributed by atoms with E-state index in [1.807, 2.05) is 6.07 Å². The second kappa shape index (κ2) is 7.31. The molecule has 1 aromatic rings. The third kappa shape index (κ3) is 4.36. The van der Waals surface area contributed by atoms with Crippen LogP contribution in [-0.2, 0) is 0 Å². The third-order valence-electron chi connectivity index (χ3n) is 3.90. The average molecular weight is 290 g/mol. The molecule has 116 valence electrons. The fourth-order valence-corrected chi connectivity index (χ4v) is 2.63. The molecule has 1 aliphatic heterocycles. The maximum absolute atomic E-state index is 12.0. The molecule has 1 amide bonds. The molecule has 5 nitrogen and oxygen atoms in total. The zero-order chi connectivity index (χ0) is 15.2. The first-order valence-electron chi connectivity index (χ1n) is 7.65. The van der Waals surface area contributed by atoms with Crippen LogP contribution in [0.1, 0.15) is 29.6 Å². The summed E-state index contributed by atoms with van der Waals surface area (Å²) in [6.45, 7) is 4.25. The molecule has 0 radical (unpaired) electrons. The summed E-state index contributed by atoms with van der Waals surface area (Å²) in [5.74, 6) is -0.00548. The molecule has 2 rings (SSSR count). The van der Waals surface area contributed by atoms with Gasteiger partial charge in [-0.1, -0.05) is 6.42 Å². The summed E-state index contributed by atoms with van der Waals surface area (Å²) >= 11 is 0. The van der Waals surface area contributed by atoms with Gasteiger partial charge in [0.2, 0.25) is 0 Å².